The maximum atomic E-state index is 12.3. The number of unbranched alkanes of at least 4 members (excludes halogenated alkanes) is 2. The smallest absolute Gasteiger partial charge is 0.407 e. The number of sulfonamides is 1. The van der Waals surface area contributed by atoms with Crippen LogP contribution in [0.25, 0.3) is 0 Å². The van der Waals surface area contributed by atoms with E-state index < -0.39 is 27.6 Å². The quantitative estimate of drug-likeness (QED) is 0.523. The van der Waals surface area contributed by atoms with Crippen molar-refractivity contribution in [3.05, 3.63) is 24.3 Å². The van der Waals surface area contributed by atoms with Gasteiger partial charge >= 0.3 is 6.09 Å². The summed E-state index contributed by atoms with van der Waals surface area (Å²) in [4.78, 5) is 23.4. The van der Waals surface area contributed by atoms with Crippen LogP contribution in [0.2, 0.25) is 0 Å². The lowest BCUT2D eigenvalue weighted by molar-refractivity contribution is -0.119. The fraction of sp³-hybridized carbons (Fsp3) is 0.600. The SMILES string of the molecule is CCCCCOc1ccc(S(=O)(=O)NC(=O)CCCNC(=O)OC(C)(C)C)cc1. The summed E-state index contributed by atoms with van der Waals surface area (Å²) in [5, 5.41) is 2.52. The Bertz CT molecular complexity index is 754. The molecule has 0 unspecified atom stereocenters. The van der Waals surface area contributed by atoms with Gasteiger partial charge in [-0.2, -0.15) is 0 Å². The van der Waals surface area contributed by atoms with E-state index in [-0.39, 0.29) is 24.3 Å². The van der Waals surface area contributed by atoms with Crippen LogP contribution in [0.4, 0.5) is 4.79 Å². The number of carbonyl (C=O) groups excluding carboxylic acids is 2. The number of amides is 2. The minimum atomic E-state index is -3.95. The van der Waals surface area contributed by atoms with Gasteiger partial charge in [0.15, 0.2) is 0 Å². The zero-order chi connectivity index (χ0) is 21.9. The molecule has 0 bridgehead atoms. The first-order valence-corrected chi connectivity index (χ1v) is 11.3. The highest BCUT2D eigenvalue weighted by atomic mass is 32.2. The van der Waals surface area contributed by atoms with E-state index in [1.165, 1.54) is 12.1 Å². The van der Waals surface area contributed by atoms with E-state index in [0.29, 0.717) is 12.4 Å². The lowest BCUT2D eigenvalue weighted by atomic mass is 10.2. The molecule has 0 heterocycles. The van der Waals surface area contributed by atoms with Crippen molar-refractivity contribution in [2.24, 2.45) is 0 Å². The van der Waals surface area contributed by atoms with Crippen LogP contribution in [0, 0.1) is 0 Å². The van der Waals surface area contributed by atoms with Crippen LogP contribution in [0.5, 0.6) is 5.75 Å². The highest BCUT2D eigenvalue weighted by Crippen LogP contribution is 2.16. The summed E-state index contributed by atoms with van der Waals surface area (Å²) in [5.41, 5.74) is -0.606. The maximum absolute atomic E-state index is 12.3. The van der Waals surface area contributed by atoms with Gasteiger partial charge in [0.05, 0.1) is 11.5 Å². The average molecular weight is 429 g/mol. The molecule has 0 saturated heterocycles. The summed E-state index contributed by atoms with van der Waals surface area (Å²) in [7, 11) is -3.95. The molecule has 0 saturated carbocycles. The number of ether oxygens (including phenoxy) is 2. The van der Waals surface area contributed by atoms with E-state index in [9.17, 15) is 18.0 Å². The maximum Gasteiger partial charge on any atom is 0.407 e. The van der Waals surface area contributed by atoms with Gasteiger partial charge in [-0.15, -0.1) is 0 Å². The van der Waals surface area contributed by atoms with Gasteiger partial charge in [-0.1, -0.05) is 19.8 Å². The Kier molecular flexibility index (Phi) is 9.94. The largest absolute Gasteiger partial charge is 0.494 e. The highest BCUT2D eigenvalue weighted by Gasteiger charge is 2.18. The van der Waals surface area contributed by atoms with E-state index in [1.54, 1.807) is 32.9 Å². The molecule has 1 aromatic carbocycles. The monoisotopic (exact) mass is 428 g/mol. The molecule has 0 atom stereocenters. The Morgan fingerprint density at radius 3 is 2.28 bits per heavy atom. The first-order valence-electron chi connectivity index (χ1n) is 9.79. The zero-order valence-corrected chi connectivity index (χ0v) is 18.4. The standard InChI is InChI=1S/C20H32N2O6S/c1-5-6-7-15-27-16-10-12-17(13-11-16)29(25,26)22-18(23)9-8-14-21-19(24)28-20(2,3)4/h10-13H,5-9,14-15H2,1-4H3,(H,21,24)(H,22,23). The van der Waals surface area contributed by atoms with Crippen molar-refractivity contribution < 1.29 is 27.5 Å². The fourth-order valence-electron chi connectivity index (χ4n) is 2.27. The Balaban J connectivity index is 2.41. The first kappa shape index (κ1) is 24.7. The second-order valence-corrected chi connectivity index (χ2v) is 9.27. The number of alkyl carbamates (subject to hydrolysis) is 1. The molecule has 0 aliphatic rings. The van der Waals surface area contributed by atoms with E-state index >= 15 is 0 Å². The van der Waals surface area contributed by atoms with Gasteiger partial charge in [0.25, 0.3) is 10.0 Å². The third kappa shape index (κ3) is 10.7. The second-order valence-electron chi connectivity index (χ2n) is 7.59. The lowest BCUT2D eigenvalue weighted by Crippen LogP contribution is -2.34. The molecule has 2 N–H and O–H groups in total. The molecule has 164 valence electrons. The van der Waals surface area contributed by atoms with Crippen molar-refractivity contribution in [1.29, 1.82) is 0 Å². The minimum Gasteiger partial charge on any atom is -0.494 e. The van der Waals surface area contributed by atoms with Crippen LogP contribution in [-0.4, -0.2) is 39.2 Å². The van der Waals surface area contributed by atoms with Crippen molar-refractivity contribution in [3.8, 4) is 5.75 Å². The number of nitrogens with one attached hydrogen (secondary N) is 2. The molecule has 0 aliphatic carbocycles. The third-order valence-corrected chi connectivity index (χ3v) is 5.04. The summed E-state index contributed by atoms with van der Waals surface area (Å²) < 4.78 is 37.2. The van der Waals surface area contributed by atoms with Crippen molar-refractivity contribution in [2.45, 2.75) is 70.3 Å². The summed E-state index contributed by atoms with van der Waals surface area (Å²) in [6.07, 6.45) is 2.76. The Hall–Kier alpha value is -2.29. The molecule has 0 fully saturated rings. The second kappa shape index (κ2) is 11.6. The third-order valence-electron chi connectivity index (χ3n) is 3.65. The summed E-state index contributed by atoms with van der Waals surface area (Å²) in [6.45, 7) is 8.12. The number of rotatable bonds is 11. The molecule has 2 amide bonds. The molecular formula is C20H32N2O6S. The van der Waals surface area contributed by atoms with E-state index in [4.69, 9.17) is 9.47 Å². The number of hydrogen-bond donors (Lipinski definition) is 2. The Morgan fingerprint density at radius 1 is 1.03 bits per heavy atom. The average Bonchev–Trinajstić information content (AvgIpc) is 2.61. The van der Waals surface area contributed by atoms with E-state index in [2.05, 4.69) is 12.2 Å². The van der Waals surface area contributed by atoms with Gasteiger partial charge in [0.1, 0.15) is 11.4 Å². The van der Waals surface area contributed by atoms with Crippen molar-refractivity contribution >= 4 is 22.0 Å². The summed E-state index contributed by atoms with van der Waals surface area (Å²) >= 11 is 0. The van der Waals surface area contributed by atoms with Gasteiger partial charge in [-0.3, -0.25) is 4.79 Å². The van der Waals surface area contributed by atoms with Crippen LogP contribution in [-0.2, 0) is 19.6 Å². The molecule has 0 radical (unpaired) electrons. The van der Waals surface area contributed by atoms with Gasteiger partial charge in [0, 0.05) is 13.0 Å². The first-order chi connectivity index (χ1) is 13.5. The number of benzene rings is 1. The molecule has 1 rings (SSSR count). The molecule has 1 aromatic rings. The molecule has 8 nitrogen and oxygen atoms in total. The number of hydrogen-bond acceptors (Lipinski definition) is 6. The fourth-order valence-corrected chi connectivity index (χ4v) is 3.28. The van der Waals surface area contributed by atoms with Gasteiger partial charge in [0.2, 0.25) is 5.91 Å². The lowest BCUT2D eigenvalue weighted by Gasteiger charge is -2.19. The van der Waals surface area contributed by atoms with Crippen LogP contribution in [0.1, 0.15) is 59.8 Å². The van der Waals surface area contributed by atoms with Crippen molar-refractivity contribution in [3.63, 3.8) is 0 Å². The topological polar surface area (TPSA) is 111 Å². The predicted octanol–water partition coefficient (Wildman–Crippen LogP) is 3.37. The highest BCUT2D eigenvalue weighted by molar-refractivity contribution is 7.90. The molecule has 29 heavy (non-hydrogen) atoms. The van der Waals surface area contributed by atoms with Gasteiger partial charge in [-0.05, 0) is 57.9 Å². The summed E-state index contributed by atoms with van der Waals surface area (Å²) in [6, 6.07) is 5.93. The Labute approximate surface area is 173 Å². The normalized spacial score (nSPS) is 11.6. The van der Waals surface area contributed by atoms with Crippen LogP contribution >= 0.6 is 0 Å². The molecule has 0 spiro atoms. The summed E-state index contributed by atoms with van der Waals surface area (Å²) in [5.74, 6) is -0.0597. The minimum absolute atomic E-state index is 0.0151. The van der Waals surface area contributed by atoms with Crippen LogP contribution in [0.15, 0.2) is 29.2 Å². The molecule has 9 heteroatoms. The number of carbonyl (C=O) groups is 2. The predicted molar refractivity (Wildman–Crippen MR) is 110 cm³/mol. The van der Waals surface area contributed by atoms with E-state index in [0.717, 1.165) is 19.3 Å². The zero-order valence-electron chi connectivity index (χ0n) is 17.6. The van der Waals surface area contributed by atoms with Crippen LogP contribution < -0.4 is 14.8 Å². The van der Waals surface area contributed by atoms with Crippen LogP contribution in [0.3, 0.4) is 0 Å². The van der Waals surface area contributed by atoms with Gasteiger partial charge in [-0.25, -0.2) is 17.9 Å². The Morgan fingerprint density at radius 2 is 1.69 bits per heavy atom. The van der Waals surface area contributed by atoms with E-state index in [1.807, 2.05) is 4.72 Å². The molecule has 0 aromatic heterocycles. The van der Waals surface area contributed by atoms with Crippen molar-refractivity contribution in [1.82, 2.24) is 10.0 Å². The molecular weight excluding hydrogens is 396 g/mol. The van der Waals surface area contributed by atoms with Gasteiger partial charge < -0.3 is 14.8 Å². The van der Waals surface area contributed by atoms with Crippen molar-refractivity contribution in [2.75, 3.05) is 13.2 Å². The molecule has 0 aliphatic heterocycles.